The van der Waals surface area contributed by atoms with Gasteiger partial charge in [-0.05, 0) is 76.3 Å². The highest BCUT2D eigenvalue weighted by Crippen LogP contribution is 2.45. The van der Waals surface area contributed by atoms with Gasteiger partial charge in [0, 0.05) is 31.8 Å². The van der Waals surface area contributed by atoms with E-state index in [2.05, 4.69) is 71.1 Å². The van der Waals surface area contributed by atoms with Crippen molar-refractivity contribution in [2.75, 3.05) is 5.73 Å². The minimum Gasteiger partial charge on any atom is -0.398 e. The van der Waals surface area contributed by atoms with E-state index < -0.39 is 0 Å². The van der Waals surface area contributed by atoms with E-state index in [1.54, 1.807) is 28.6 Å². The number of nitrogen functional groups attached to an aromatic ring is 1. The first-order valence-electron chi connectivity index (χ1n) is 7.74. The van der Waals surface area contributed by atoms with Gasteiger partial charge in [0.05, 0.1) is 0 Å². The summed E-state index contributed by atoms with van der Waals surface area (Å²) in [5.41, 5.74) is 12.0. The third kappa shape index (κ3) is 5.88. The van der Waals surface area contributed by atoms with E-state index in [0.717, 1.165) is 17.0 Å². The predicted molar refractivity (Wildman–Crippen MR) is 128 cm³/mol. The molecule has 0 saturated carbocycles. The van der Waals surface area contributed by atoms with Gasteiger partial charge in [-0.15, -0.1) is 0 Å². The monoisotopic (exact) mass is 497 g/mol. The van der Waals surface area contributed by atoms with E-state index in [9.17, 15) is 0 Å². The number of allylic oxidation sites excluding steroid dienone is 5. The summed E-state index contributed by atoms with van der Waals surface area (Å²) in [7, 11) is 5.11. The Balaban J connectivity index is 0.000000186. The van der Waals surface area contributed by atoms with Crippen LogP contribution >= 0.6 is 49.8 Å². The number of hydrogen-bond acceptors (Lipinski definition) is 4. The molecule has 2 N–H and O–H groups in total. The second kappa shape index (κ2) is 11.1. The van der Waals surface area contributed by atoms with Gasteiger partial charge in [-0.1, -0.05) is 61.2 Å². The van der Waals surface area contributed by atoms with Crippen molar-refractivity contribution in [1.29, 1.82) is 0 Å². The number of rotatable bonds is 5. The molecule has 1 nitrogen and oxygen atoms in total. The first-order valence-corrected chi connectivity index (χ1v) is 13.8. The topological polar surface area (TPSA) is 26.0 Å². The molecule has 0 heterocycles. The van der Waals surface area contributed by atoms with Crippen molar-refractivity contribution in [3.63, 3.8) is 0 Å². The van der Waals surface area contributed by atoms with E-state index in [-0.39, 0.29) is 0 Å². The fourth-order valence-electron chi connectivity index (χ4n) is 2.56. The van der Waals surface area contributed by atoms with Crippen LogP contribution in [-0.4, -0.2) is 0 Å². The summed E-state index contributed by atoms with van der Waals surface area (Å²) in [5, 5.41) is 0. The van der Waals surface area contributed by atoms with Crippen LogP contribution in [0.3, 0.4) is 0 Å². The molecule has 1 aliphatic carbocycles. The first-order chi connectivity index (χ1) is 12.2. The molecule has 3 rings (SSSR count). The van der Waals surface area contributed by atoms with Crippen LogP contribution in [0.4, 0.5) is 5.69 Å². The smallest absolute Gasteiger partial charge is 0.0461 e. The Hall–Kier alpha value is -0.760. The van der Waals surface area contributed by atoms with E-state index >= 15 is 0 Å². The summed E-state index contributed by atoms with van der Waals surface area (Å²) < 4.78 is 0. The van der Waals surface area contributed by atoms with Gasteiger partial charge in [0.2, 0.25) is 0 Å². The number of halogens is 1. The Bertz CT molecular complexity index is 784. The number of benzene rings is 2. The fraction of sp³-hybridized carbons (Fsp3) is 0.100. The molecule has 0 unspecified atom stereocenters. The van der Waals surface area contributed by atoms with Crippen molar-refractivity contribution < 1.29 is 0 Å². The summed E-state index contributed by atoms with van der Waals surface area (Å²) in [6.45, 7) is 5.92. The maximum Gasteiger partial charge on any atom is 0.0461 e. The third-order valence-electron chi connectivity index (χ3n) is 3.68. The Morgan fingerprint density at radius 1 is 1.12 bits per heavy atom. The van der Waals surface area contributed by atoms with Crippen molar-refractivity contribution >= 4 is 61.1 Å². The molecular formula is C20H20INS3. The average Bonchev–Trinajstić information content (AvgIpc) is 3.00. The first kappa shape index (κ1) is 20.6. The van der Waals surface area contributed by atoms with Gasteiger partial charge in [-0.3, -0.25) is 0 Å². The van der Waals surface area contributed by atoms with Crippen LogP contribution in [-0.2, 0) is 6.42 Å². The molecule has 0 aliphatic heterocycles. The van der Waals surface area contributed by atoms with Crippen LogP contribution in [0.1, 0.15) is 18.1 Å². The maximum absolute atomic E-state index is 5.72. The molecule has 2 aromatic carbocycles. The average molecular weight is 497 g/mol. The van der Waals surface area contributed by atoms with Gasteiger partial charge in [0.1, 0.15) is 0 Å². The molecule has 0 bridgehead atoms. The maximum atomic E-state index is 5.72. The Morgan fingerprint density at radius 2 is 1.84 bits per heavy atom. The van der Waals surface area contributed by atoms with Crippen LogP contribution < -0.4 is 5.73 Å². The summed E-state index contributed by atoms with van der Waals surface area (Å²) in [4.78, 5) is 1.14. The molecule has 0 aromatic heterocycles. The lowest BCUT2D eigenvalue weighted by atomic mass is 10.1. The highest BCUT2D eigenvalue weighted by atomic mass is 127. The van der Waals surface area contributed by atoms with Crippen LogP contribution in [0.5, 0.6) is 0 Å². The summed E-state index contributed by atoms with van der Waals surface area (Å²) in [6, 6.07) is 16.4. The standard InChI is InChI=1S/C14H14.C6H6INS3/c1-3-7-13-11(4-2)10-12-8-5-6-9-14(12)13;7-10-11-9-6-4-2-1-3-5(6)8/h3-9H,2,10H2,1H3;1-4H,8H2/b7-3-;. The van der Waals surface area contributed by atoms with E-state index in [4.69, 9.17) is 5.73 Å². The van der Waals surface area contributed by atoms with Gasteiger partial charge < -0.3 is 5.73 Å². The largest absolute Gasteiger partial charge is 0.398 e. The van der Waals surface area contributed by atoms with Gasteiger partial charge in [0.15, 0.2) is 0 Å². The molecule has 0 saturated heterocycles. The summed E-state index contributed by atoms with van der Waals surface area (Å²) in [5.74, 6) is 0. The predicted octanol–water partition coefficient (Wildman–Crippen LogP) is 7.77. The minimum atomic E-state index is 0.857. The Labute approximate surface area is 174 Å². The molecule has 0 radical (unpaired) electrons. The lowest BCUT2D eigenvalue weighted by Crippen LogP contribution is -1.84. The fourth-order valence-corrected chi connectivity index (χ4v) is 6.58. The number of anilines is 1. The molecule has 5 heteroatoms. The zero-order valence-corrected chi connectivity index (χ0v) is 18.6. The van der Waals surface area contributed by atoms with E-state index in [0.29, 0.717) is 0 Å². The molecule has 0 atom stereocenters. The molecule has 0 spiro atoms. The second-order valence-electron chi connectivity index (χ2n) is 5.23. The normalized spacial score (nSPS) is 12.7. The minimum absolute atomic E-state index is 0.857. The van der Waals surface area contributed by atoms with Crippen LogP contribution in [0.15, 0.2) is 83.8 Å². The number of nitrogens with two attached hydrogens (primary N) is 1. The third-order valence-corrected chi connectivity index (χ3v) is 10.3. The zero-order chi connectivity index (χ0) is 18.1. The van der Waals surface area contributed by atoms with Crippen molar-refractivity contribution in [3.05, 3.63) is 90.0 Å². The SMILES string of the molecule is C=CC1=C(/C=C\C)c2ccccc2C1.Nc1ccccc1SSSI. The van der Waals surface area contributed by atoms with Crippen molar-refractivity contribution in [3.8, 4) is 0 Å². The highest BCUT2D eigenvalue weighted by Gasteiger charge is 2.16. The van der Waals surface area contributed by atoms with Crippen molar-refractivity contribution in [2.45, 2.75) is 18.2 Å². The van der Waals surface area contributed by atoms with Crippen molar-refractivity contribution in [2.24, 2.45) is 0 Å². The quantitative estimate of drug-likeness (QED) is 0.259. The number of para-hydroxylation sites is 1. The highest BCUT2D eigenvalue weighted by molar-refractivity contribution is 14.2. The molecular weight excluding hydrogens is 477 g/mol. The lowest BCUT2D eigenvalue weighted by Gasteiger charge is -2.00. The van der Waals surface area contributed by atoms with Crippen LogP contribution in [0.2, 0.25) is 0 Å². The molecule has 2 aromatic rings. The van der Waals surface area contributed by atoms with Gasteiger partial charge in [-0.2, -0.15) is 0 Å². The summed E-state index contributed by atoms with van der Waals surface area (Å²) >= 11 is 2.24. The van der Waals surface area contributed by atoms with Crippen LogP contribution in [0, 0.1) is 0 Å². The van der Waals surface area contributed by atoms with Gasteiger partial charge in [-0.25, -0.2) is 0 Å². The van der Waals surface area contributed by atoms with Gasteiger partial charge >= 0.3 is 0 Å². The summed E-state index contributed by atoms with van der Waals surface area (Å²) in [6.07, 6.45) is 7.25. The number of fused-ring (bicyclic) bond motifs is 1. The number of hydrogen-bond donors (Lipinski definition) is 1. The molecule has 0 amide bonds. The van der Waals surface area contributed by atoms with Gasteiger partial charge in [0.25, 0.3) is 0 Å². The van der Waals surface area contributed by atoms with E-state index in [1.807, 2.05) is 30.3 Å². The lowest BCUT2D eigenvalue weighted by molar-refractivity contribution is 1.25. The van der Waals surface area contributed by atoms with E-state index in [1.165, 1.54) is 22.3 Å². The molecule has 0 fully saturated rings. The molecule has 130 valence electrons. The zero-order valence-electron chi connectivity index (χ0n) is 13.9. The van der Waals surface area contributed by atoms with Crippen molar-refractivity contribution in [1.82, 2.24) is 0 Å². The molecule has 25 heavy (non-hydrogen) atoms. The second-order valence-corrected chi connectivity index (χ2v) is 11.8. The Kier molecular flexibility index (Phi) is 9.09. The van der Waals surface area contributed by atoms with Crippen LogP contribution in [0.25, 0.3) is 5.57 Å². The Morgan fingerprint density at radius 3 is 2.52 bits per heavy atom. The molecule has 1 aliphatic rings.